The van der Waals surface area contributed by atoms with Gasteiger partial charge in [0, 0.05) is 11.6 Å². The first-order valence-corrected chi connectivity index (χ1v) is 8.08. The summed E-state index contributed by atoms with van der Waals surface area (Å²) in [5.41, 5.74) is 3.67. The Morgan fingerprint density at radius 3 is 2.75 bits per heavy atom. The number of rotatable bonds is 2. The van der Waals surface area contributed by atoms with Crippen molar-refractivity contribution in [3.8, 4) is 0 Å². The lowest BCUT2D eigenvalue weighted by Gasteiger charge is -2.37. The number of hydrogen-bond acceptors (Lipinski definition) is 3. The molecule has 24 heavy (non-hydrogen) atoms. The maximum absolute atomic E-state index is 13.6. The summed E-state index contributed by atoms with van der Waals surface area (Å²) in [6.45, 7) is 0. The van der Waals surface area contributed by atoms with Gasteiger partial charge in [0.1, 0.15) is 5.82 Å². The number of allylic oxidation sites excluding steroid dienone is 2. The average Bonchev–Trinajstić information content (AvgIpc) is 3.11. The van der Waals surface area contributed by atoms with Crippen LogP contribution in [0.5, 0.6) is 0 Å². The van der Waals surface area contributed by atoms with E-state index < -0.39 is 0 Å². The minimum Gasteiger partial charge on any atom is -0.465 e. The molecule has 1 aliphatic carbocycles. The van der Waals surface area contributed by atoms with E-state index >= 15 is 0 Å². The molecule has 2 aromatic carbocycles. The van der Waals surface area contributed by atoms with E-state index in [1.165, 1.54) is 13.2 Å². The largest absolute Gasteiger partial charge is 0.465 e. The maximum Gasteiger partial charge on any atom is 0.337 e. The van der Waals surface area contributed by atoms with E-state index in [4.69, 9.17) is 4.74 Å². The van der Waals surface area contributed by atoms with Crippen molar-refractivity contribution in [2.24, 2.45) is 5.92 Å². The second kappa shape index (κ2) is 5.78. The quantitative estimate of drug-likeness (QED) is 0.656. The van der Waals surface area contributed by atoms with Crippen LogP contribution in [0.15, 0.2) is 54.6 Å². The normalized spacial score (nSPS) is 24.0. The summed E-state index contributed by atoms with van der Waals surface area (Å²) in [6.07, 6.45) is 5.31. The molecule has 1 aliphatic heterocycles. The molecule has 1 N–H and O–H groups in total. The van der Waals surface area contributed by atoms with Crippen molar-refractivity contribution in [1.82, 2.24) is 0 Å². The van der Waals surface area contributed by atoms with E-state index in [1.54, 1.807) is 18.2 Å². The van der Waals surface area contributed by atoms with Crippen molar-refractivity contribution in [3.63, 3.8) is 0 Å². The van der Waals surface area contributed by atoms with Crippen LogP contribution in [-0.4, -0.2) is 13.1 Å². The minimum atomic E-state index is -0.334. The van der Waals surface area contributed by atoms with Crippen LogP contribution < -0.4 is 5.32 Å². The Balaban J connectivity index is 1.69. The van der Waals surface area contributed by atoms with Crippen LogP contribution in [0.2, 0.25) is 0 Å². The number of carbonyl (C=O) groups excluding carboxylic acids is 1. The standard InChI is InChI=1S/C20H18FNO2/c1-24-20(23)13-7-5-12(6-8-13)19-16-4-2-3-15(16)17-11-14(21)9-10-18(17)22-19/h2-3,5-11,15-16,19,22H,4H2,1H3/t15-,16+,19-/m1/s1. The highest BCUT2D eigenvalue weighted by molar-refractivity contribution is 5.89. The summed E-state index contributed by atoms with van der Waals surface area (Å²) in [6, 6.07) is 12.6. The van der Waals surface area contributed by atoms with E-state index in [-0.39, 0.29) is 23.7 Å². The van der Waals surface area contributed by atoms with Gasteiger partial charge in [0.25, 0.3) is 0 Å². The van der Waals surface area contributed by atoms with Gasteiger partial charge in [-0.05, 0) is 53.8 Å². The van der Waals surface area contributed by atoms with E-state index in [9.17, 15) is 9.18 Å². The Hall–Kier alpha value is -2.62. The van der Waals surface area contributed by atoms with Crippen molar-refractivity contribution in [2.45, 2.75) is 18.4 Å². The summed E-state index contributed by atoms with van der Waals surface area (Å²) in [5, 5.41) is 3.55. The fourth-order valence-corrected chi connectivity index (χ4v) is 3.84. The molecule has 1 heterocycles. The first-order chi connectivity index (χ1) is 11.7. The molecule has 0 saturated carbocycles. The van der Waals surface area contributed by atoms with E-state index in [1.807, 2.05) is 18.2 Å². The Bertz CT molecular complexity index is 813. The number of benzene rings is 2. The molecule has 122 valence electrons. The van der Waals surface area contributed by atoms with Gasteiger partial charge in [-0.25, -0.2) is 9.18 Å². The molecule has 4 rings (SSSR count). The van der Waals surface area contributed by atoms with E-state index in [0.717, 1.165) is 23.2 Å². The van der Waals surface area contributed by atoms with E-state index in [2.05, 4.69) is 17.5 Å². The van der Waals surface area contributed by atoms with Gasteiger partial charge < -0.3 is 10.1 Å². The van der Waals surface area contributed by atoms with Gasteiger partial charge in [0.15, 0.2) is 0 Å². The highest BCUT2D eigenvalue weighted by atomic mass is 19.1. The van der Waals surface area contributed by atoms with Crippen molar-refractivity contribution in [1.29, 1.82) is 0 Å². The lowest BCUT2D eigenvalue weighted by Crippen LogP contribution is -2.29. The third-order valence-corrected chi connectivity index (χ3v) is 5.02. The topological polar surface area (TPSA) is 38.3 Å². The molecular weight excluding hydrogens is 305 g/mol. The van der Waals surface area contributed by atoms with Crippen LogP contribution in [0.1, 0.15) is 39.9 Å². The van der Waals surface area contributed by atoms with E-state index in [0.29, 0.717) is 11.5 Å². The second-order valence-electron chi connectivity index (χ2n) is 6.32. The highest BCUT2D eigenvalue weighted by Gasteiger charge is 2.37. The molecule has 3 atom stereocenters. The number of fused-ring (bicyclic) bond motifs is 3. The minimum absolute atomic E-state index is 0.134. The van der Waals surface area contributed by atoms with Crippen LogP contribution in [-0.2, 0) is 4.74 Å². The Labute approximate surface area is 140 Å². The van der Waals surface area contributed by atoms with Gasteiger partial charge in [-0.2, -0.15) is 0 Å². The van der Waals surface area contributed by atoms with Crippen LogP contribution in [0.4, 0.5) is 10.1 Å². The third kappa shape index (κ3) is 2.39. The molecule has 0 bridgehead atoms. The Morgan fingerprint density at radius 1 is 1.21 bits per heavy atom. The first kappa shape index (κ1) is 14.9. The molecule has 4 heteroatoms. The predicted molar refractivity (Wildman–Crippen MR) is 90.5 cm³/mol. The molecule has 0 fully saturated rings. The predicted octanol–water partition coefficient (Wildman–Crippen LogP) is 4.44. The molecule has 2 aliphatic rings. The number of ether oxygens (including phenoxy) is 1. The number of halogens is 1. The number of anilines is 1. The smallest absolute Gasteiger partial charge is 0.337 e. The fourth-order valence-electron chi connectivity index (χ4n) is 3.84. The van der Waals surface area contributed by atoms with Gasteiger partial charge in [0.05, 0.1) is 18.7 Å². The van der Waals surface area contributed by atoms with Crippen LogP contribution >= 0.6 is 0 Å². The lowest BCUT2D eigenvalue weighted by molar-refractivity contribution is 0.0600. The average molecular weight is 323 g/mol. The molecule has 0 saturated heterocycles. The van der Waals surface area contributed by atoms with Crippen molar-refractivity contribution in [2.75, 3.05) is 12.4 Å². The zero-order chi connectivity index (χ0) is 16.7. The van der Waals surface area contributed by atoms with Gasteiger partial charge in [0.2, 0.25) is 0 Å². The van der Waals surface area contributed by atoms with Gasteiger partial charge >= 0.3 is 5.97 Å². The van der Waals surface area contributed by atoms with Gasteiger partial charge in [-0.15, -0.1) is 0 Å². The number of esters is 1. The molecule has 0 aromatic heterocycles. The molecule has 2 aromatic rings. The monoisotopic (exact) mass is 323 g/mol. The second-order valence-corrected chi connectivity index (χ2v) is 6.32. The number of hydrogen-bond donors (Lipinski definition) is 1. The molecule has 3 nitrogen and oxygen atoms in total. The van der Waals surface area contributed by atoms with Crippen LogP contribution in [0, 0.1) is 11.7 Å². The molecular formula is C20H18FNO2. The van der Waals surface area contributed by atoms with Crippen molar-refractivity contribution >= 4 is 11.7 Å². The molecule has 0 unspecified atom stereocenters. The lowest BCUT2D eigenvalue weighted by atomic mass is 9.77. The number of methoxy groups -OCH3 is 1. The Morgan fingerprint density at radius 2 is 2.00 bits per heavy atom. The summed E-state index contributed by atoms with van der Waals surface area (Å²) in [4.78, 5) is 11.6. The van der Waals surface area contributed by atoms with Gasteiger partial charge in [-0.3, -0.25) is 0 Å². The van der Waals surface area contributed by atoms with Gasteiger partial charge in [-0.1, -0.05) is 24.3 Å². The zero-order valence-electron chi connectivity index (χ0n) is 13.3. The maximum atomic E-state index is 13.6. The van der Waals surface area contributed by atoms with Crippen LogP contribution in [0.25, 0.3) is 0 Å². The third-order valence-electron chi connectivity index (χ3n) is 5.02. The number of carbonyl (C=O) groups is 1. The number of nitrogens with one attached hydrogen (secondary N) is 1. The summed E-state index contributed by atoms with van der Waals surface area (Å²) in [5.74, 6) is 0.0420. The summed E-state index contributed by atoms with van der Waals surface area (Å²) >= 11 is 0. The molecule has 0 amide bonds. The zero-order valence-corrected chi connectivity index (χ0v) is 13.3. The Kier molecular flexibility index (Phi) is 3.60. The van der Waals surface area contributed by atoms with Crippen molar-refractivity contribution in [3.05, 3.63) is 77.1 Å². The molecule has 0 spiro atoms. The SMILES string of the molecule is COC(=O)c1ccc([C@H]2Nc3ccc(F)cc3[C@@H]3C=CC[C@H]23)cc1. The first-order valence-electron chi connectivity index (χ1n) is 8.08. The van der Waals surface area contributed by atoms with Crippen molar-refractivity contribution < 1.29 is 13.9 Å². The molecule has 0 radical (unpaired) electrons. The van der Waals surface area contributed by atoms with Crippen LogP contribution in [0.3, 0.4) is 0 Å². The summed E-state index contributed by atoms with van der Waals surface area (Å²) < 4.78 is 18.4. The summed E-state index contributed by atoms with van der Waals surface area (Å²) in [7, 11) is 1.38. The fraction of sp³-hybridized carbons (Fsp3) is 0.250. The highest BCUT2D eigenvalue weighted by Crippen LogP contribution is 2.49.